The first-order chi connectivity index (χ1) is 18.1. The molecule has 0 saturated carbocycles. The van der Waals surface area contributed by atoms with Crippen molar-refractivity contribution >= 4 is 46.3 Å². The molecule has 180 valence electrons. The first-order valence-corrected chi connectivity index (χ1v) is 13.0. The third-order valence-corrected chi connectivity index (χ3v) is 8.71. The van der Waals surface area contributed by atoms with E-state index in [4.69, 9.17) is 0 Å². The van der Waals surface area contributed by atoms with Crippen molar-refractivity contribution in [3.63, 3.8) is 0 Å². The van der Waals surface area contributed by atoms with E-state index < -0.39 is 23.4 Å². The molecule has 4 atom stereocenters. The smallest absolute Gasteiger partial charge is 0.238 e. The average molecular weight is 504 g/mol. The van der Waals surface area contributed by atoms with E-state index in [0.29, 0.717) is 16.1 Å². The van der Waals surface area contributed by atoms with E-state index in [0.717, 1.165) is 16.8 Å². The fourth-order valence-electron chi connectivity index (χ4n) is 6.38. The van der Waals surface area contributed by atoms with E-state index in [1.807, 2.05) is 77.0 Å². The van der Waals surface area contributed by atoms with Gasteiger partial charge in [-0.1, -0.05) is 54.6 Å². The minimum atomic E-state index is -1.29. The maximum absolute atomic E-state index is 14.5. The van der Waals surface area contributed by atoms with Crippen molar-refractivity contribution < 1.29 is 14.4 Å². The fraction of sp³-hybridized carbons (Fsp3) is 0.133. The van der Waals surface area contributed by atoms with Crippen LogP contribution in [0.15, 0.2) is 96.6 Å². The molecule has 1 saturated heterocycles. The molecule has 0 radical (unpaired) electrons. The van der Waals surface area contributed by atoms with Crippen molar-refractivity contribution in [2.45, 2.75) is 17.5 Å². The molecule has 4 aromatic rings. The van der Waals surface area contributed by atoms with Gasteiger partial charge in [-0.05, 0) is 46.8 Å². The zero-order valence-electron chi connectivity index (χ0n) is 19.6. The van der Waals surface area contributed by atoms with Crippen molar-refractivity contribution in [1.82, 2.24) is 4.98 Å². The molecule has 7 heteroatoms. The molecular formula is C30H21N3O3S. The van der Waals surface area contributed by atoms with Crippen LogP contribution in [0, 0.1) is 5.92 Å². The molecule has 1 N–H and O–H groups in total. The molecule has 2 aromatic carbocycles. The van der Waals surface area contributed by atoms with Gasteiger partial charge in [0.2, 0.25) is 5.91 Å². The highest BCUT2D eigenvalue weighted by molar-refractivity contribution is 7.12. The summed E-state index contributed by atoms with van der Waals surface area (Å²) in [5, 5.41) is 4.90. The van der Waals surface area contributed by atoms with Crippen LogP contribution in [0.4, 0.5) is 11.4 Å². The van der Waals surface area contributed by atoms with Gasteiger partial charge in [-0.2, -0.15) is 0 Å². The molecule has 1 amide bonds. The number of anilines is 2. The summed E-state index contributed by atoms with van der Waals surface area (Å²) in [6.07, 6.45) is 7.11. The number of fused-ring (bicyclic) bond motifs is 6. The predicted molar refractivity (Wildman–Crippen MR) is 143 cm³/mol. The van der Waals surface area contributed by atoms with Crippen molar-refractivity contribution in [3.8, 4) is 0 Å². The second-order valence-electron chi connectivity index (χ2n) is 9.50. The number of nitrogens with zero attached hydrogens (tertiary/aromatic N) is 2. The van der Waals surface area contributed by atoms with Gasteiger partial charge in [0, 0.05) is 29.3 Å². The van der Waals surface area contributed by atoms with Crippen LogP contribution >= 0.6 is 11.3 Å². The molecule has 6 nitrogen and oxygen atoms in total. The molecule has 0 unspecified atom stereocenters. The van der Waals surface area contributed by atoms with Gasteiger partial charge in [0.25, 0.3) is 0 Å². The number of carbonyl (C=O) groups is 3. The lowest BCUT2D eigenvalue weighted by Crippen LogP contribution is -2.51. The number of ketones is 2. The van der Waals surface area contributed by atoms with Gasteiger partial charge in [-0.3, -0.25) is 19.4 Å². The minimum absolute atomic E-state index is 0.161. The zero-order valence-corrected chi connectivity index (χ0v) is 20.4. The van der Waals surface area contributed by atoms with Gasteiger partial charge in [0.05, 0.1) is 16.8 Å². The van der Waals surface area contributed by atoms with Crippen LogP contribution in [0.25, 0.3) is 6.08 Å². The lowest BCUT2D eigenvalue weighted by atomic mass is 9.64. The number of thiophene rings is 1. The number of Topliss-reactive ketones (excluding diaryl/α,β-unsaturated/α-hetero) is 2. The largest absolute Gasteiger partial charge is 0.352 e. The molecule has 1 spiro atoms. The number of carbonyl (C=O) groups excluding carboxylic acids is 3. The van der Waals surface area contributed by atoms with Crippen LogP contribution in [0.1, 0.15) is 31.2 Å². The number of hydrogen-bond acceptors (Lipinski definition) is 6. The van der Waals surface area contributed by atoms with Crippen LogP contribution in [0.2, 0.25) is 0 Å². The summed E-state index contributed by atoms with van der Waals surface area (Å²) in [5.74, 6) is -1.63. The Morgan fingerprint density at radius 2 is 1.70 bits per heavy atom. The molecule has 3 aliphatic heterocycles. The third kappa shape index (κ3) is 2.92. The molecule has 37 heavy (non-hydrogen) atoms. The van der Waals surface area contributed by atoms with Crippen molar-refractivity contribution in [2.75, 3.05) is 10.2 Å². The Balaban J connectivity index is 1.55. The predicted octanol–water partition coefficient (Wildman–Crippen LogP) is 5.00. The Morgan fingerprint density at radius 1 is 0.919 bits per heavy atom. The Morgan fingerprint density at radius 3 is 2.51 bits per heavy atom. The SMILES string of the molecule is O=C(c1cccs1)[C@@H]1[C@H](C(=O)c2ccncc2)[C@@]2(C(=O)Nc3ccccc32)[C@@H]2C=Cc3ccccc3N12. The quantitative estimate of drug-likeness (QED) is 0.397. The second kappa shape index (κ2) is 8.08. The number of hydrogen-bond donors (Lipinski definition) is 1. The molecule has 2 aromatic heterocycles. The zero-order chi connectivity index (χ0) is 25.1. The highest BCUT2D eigenvalue weighted by Crippen LogP contribution is 2.58. The molecule has 0 bridgehead atoms. The summed E-state index contributed by atoms with van der Waals surface area (Å²) >= 11 is 1.35. The van der Waals surface area contributed by atoms with E-state index in [1.54, 1.807) is 30.6 Å². The molecule has 7 rings (SSSR count). The van der Waals surface area contributed by atoms with Crippen LogP contribution in [0.5, 0.6) is 0 Å². The first-order valence-electron chi connectivity index (χ1n) is 12.1. The summed E-state index contributed by atoms with van der Waals surface area (Å²) in [7, 11) is 0. The lowest BCUT2D eigenvalue weighted by molar-refractivity contribution is -0.121. The summed E-state index contributed by atoms with van der Waals surface area (Å²) in [5.41, 5.74) is 2.34. The van der Waals surface area contributed by atoms with E-state index in [-0.39, 0.29) is 17.5 Å². The molecular weight excluding hydrogens is 482 g/mol. The summed E-state index contributed by atoms with van der Waals surface area (Å²) in [6, 6.07) is 20.9. The Bertz CT molecular complexity index is 1600. The summed E-state index contributed by atoms with van der Waals surface area (Å²) in [6.45, 7) is 0. The van der Waals surface area contributed by atoms with Crippen molar-refractivity contribution in [2.24, 2.45) is 5.92 Å². The second-order valence-corrected chi connectivity index (χ2v) is 10.5. The standard InChI is InChI=1S/C30H21N3O3S/c34-27(19-13-15-31-16-14-19)25-26(28(35)23-10-5-17-37-23)33-22-9-4-1-6-18(22)11-12-24(33)30(25)20-7-2-3-8-21(20)32-29(30)36/h1-17,24-26H,(H,32,36)/t24-,25+,26-,30-/m0/s1. The van der Waals surface area contributed by atoms with Gasteiger partial charge in [-0.25, -0.2) is 0 Å². The monoisotopic (exact) mass is 503 g/mol. The van der Waals surface area contributed by atoms with Crippen molar-refractivity contribution in [3.05, 3.63) is 118 Å². The van der Waals surface area contributed by atoms with Crippen molar-refractivity contribution in [1.29, 1.82) is 0 Å². The maximum Gasteiger partial charge on any atom is 0.238 e. The topological polar surface area (TPSA) is 79.4 Å². The molecule has 5 heterocycles. The molecule has 3 aliphatic rings. The molecule has 0 aliphatic carbocycles. The number of aromatic nitrogens is 1. The molecule has 1 fully saturated rings. The average Bonchev–Trinajstić information content (AvgIpc) is 3.65. The summed E-state index contributed by atoms with van der Waals surface area (Å²) in [4.78, 5) is 49.7. The van der Waals surface area contributed by atoms with E-state index in [2.05, 4.69) is 10.3 Å². The highest BCUT2D eigenvalue weighted by atomic mass is 32.1. The maximum atomic E-state index is 14.5. The normalized spacial score (nSPS) is 24.9. The Labute approximate surface area is 217 Å². The number of rotatable bonds is 4. The van der Waals surface area contributed by atoms with Gasteiger partial charge in [0.15, 0.2) is 11.6 Å². The van der Waals surface area contributed by atoms with Gasteiger partial charge < -0.3 is 10.2 Å². The third-order valence-electron chi connectivity index (χ3n) is 7.82. The Kier molecular flexibility index (Phi) is 4.78. The number of amides is 1. The number of benzene rings is 2. The number of nitrogens with one attached hydrogen (secondary N) is 1. The number of para-hydroxylation sites is 2. The fourth-order valence-corrected chi connectivity index (χ4v) is 7.08. The van der Waals surface area contributed by atoms with E-state index in [1.165, 1.54) is 11.3 Å². The van der Waals surface area contributed by atoms with E-state index >= 15 is 0 Å². The van der Waals surface area contributed by atoms with E-state index in [9.17, 15) is 14.4 Å². The lowest BCUT2D eigenvalue weighted by Gasteiger charge is -2.37. The minimum Gasteiger partial charge on any atom is -0.352 e. The summed E-state index contributed by atoms with van der Waals surface area (Å²) < 4.78 is 0. The Hall–Kier alpha value is -4.36. The number of pyridine rings is 1. The van der Waals surface area contributed by atoms with Gasteiger partial charge in [0.1, 0.15) is 11.5 Å². The van der Waals surface area contributed by atoms with Crippen LogP contribution in [-0.4, -0.2) is 34.5 Å². The van der Waals surface area contributed by atoms with Gasteiger partial charge >= 0.3 is 0 Å². The highest BCUT2D eigenvalue weighted by Gasteiger charge is 2.70. The van der Waals surface area contributed by atoms with Crippen LogP contribution in [0.3, 0.4) is 0 Å². The van der Waals surface area contributed by atoms with Crippen LogP contribution in [-0.2, 0) is 10.2 Å². The van der Waals surface area contributed by atoms with Crippen LogP contribution < -0.4 is 10.2 Å². The van der Waals surface area contributed by atoms with Gasteiger partial charge in [-0.15, -0.1) is 11.3 Å². The first kappa shape index (κ1) is 21.9.